The third kappa shape index (κ3) is 1.71. The second kappa shape index (κ2) is 4.60. The Bertz CT molecular complexity index is 924. The summed E-state index contributed by atoms with van der Waals surface area (Å²) in [6.45, 7) is 12.3. The average molecular weight is 353 g/mol. The van der Waals surface area contributed by atoms with Crippen molar-refractivity contribution >= 4 is 22.4 Å². The molecule has 0 saturated carbocycles. The maximum atomic E-state index is 6.20. The fourth-order valence-corrected chi connectivity index (χ4v) is 5.68. The minimum Gasteiger partial charge on any atom is -0.475 e. The van der Waals surface area contributed by atoms with Crippen molar-refractivity contribution in [2.45, 2.75) is 64.2 Å². The Hall–Kier alpha value is -2.08. The van der Waals surface area contributed by atoms with Gasteiger partial charge in [-0.05, 0) is 50.1 Å². The van der Waals surface area contributed by atoms with Crippen LogP contribution >= 0.6 is 0 Å². The number of nitrogen functional groups attached to an aromatic ring is 1. The molecule has 0 amide bonds. The summed E-state index contributed by atoms with van der Waals surface area (Å²) in [6.07, 6.45) is 2.89. The molecule has 0 radical (unpaired) electrons. The standard InChI is InChI=1S/C20H27N5O/c1-18(2)9-12-13-10-26-17-15-11(6-7-22-17)8-14(21)23-16(15)25(13)19(3,4)20(18,5)24-12/h6-8,12-13,24H,9-10H2,1-5H3,(H2,21,23). The summed E-state index contributed by atoms with van der Waals surface area (Å²) in [4.78, 5) is 11.8. The van der Waals surface area contributed by atoms with E-state index in [1.54, 1.807) is 6.20 Å². The van der Waals surface area contributed by atoms with E-state index in [9.17, 15) is 0 Å². The molecule has 26 heavy (non-hydrogen) atoms. The summed E-state index contributed by atoms with van der Waals surface area (Å²) in [5, 5.41) is 5.95. The number of nitrogens with two attached hydrogens (primary N) is 1. The first kappa shape index (κ1) is 16.1. The van der Waals surface area contributed by atoms with Crippen molar-refractivity contribution < 1.29 is 4.74 Å². The Morgan fingerprint density at radius 2 is 2.04 bits per heavy atom. The van der Waals surface area contributed by atoms with Gasteiger partial charge in [-0.25, -0.2) is 9.97 Å². The first-order chi connectivity index (χ1) is 12.2. The van der Waals surface area contributed by atoms with Gasteiger partial charge in [0.1, 0.15) is 18.2 Å². The lowest BCUT2D eigenvalue weighted by Gasteiger charge is -2.60. The van der Waals surface area contributed by atoms with Gasteiger partial charge in [0.2, 0.25) is 5.88 Å². The Morgan fingerprint density at radius 1 is 1.27 bits per heavy atom. The quantitative estimate of drug-likeness (QED) is 0.758. The highest BCUT2D eigenvalue weighted by Gasteiger charge is 2.66. The number of anilines is 2. The van der Waals surface area contributed by atoms with Gasteiger partial charge in [-0.1, -0.05) is 13.8 Å². The van der Waals surface area contributed by atoms with Crippen molar-refractivity contribution in [3.05, 3.63) is 18.3 Å². The smallest absolute Gasteiger partial charge is 0.225 e. The molecule has 0 spiro atoms. The molecular formula is C20H27N5O. The number of nitrogens with zero attached hydrogens (tertiary/aromatic N) is 3. The van der Waals surface area contributed by atoms with E-state index in [-0.39, 0.29) is 22.5 Å². The number of aromatic nitrogens is 2. The van der Waals surface area contributed by atoms with Gasteiger partial charge >= 0.3 is 0 Å². The van der Waals surface area contributed by atoms with Gasteiger partial charge in [0.15, 0.2) is 0 Å². The summed E-state index contributed by atoms with van der Waals surface area (Å²) in [6, 6.07) is 4.42. The predicted molar refractivity (Wildman–Crippen MR) is 104 cm³/mol. The zero-order valence-corrected chi connectivity index (χ0v) is 16.1. The van der Waals surface area contributed by atoms with Crippen LogP contribution in [0.5, 0.6) is 5.88 Å². The van der Waals surface area contributed by atoms with E-state index in [1.165, 1.54) is 0 Å². The van der Waals surface area contributed by atoms with E-state index in [0.29, 0.717) is 24.3 Å². The van der Waals surface area contributed by atoms with E-state index < -0.39 is 0 Å². The van der Waals surface area contributed by atoms with Crippen LogP contribution in [0.2, 0.25) is 0 Å². The third-order valence-corrected chi connectivity index (χ3v) is 7.51. The van der Waals surface area contributed by atoms with E-state index in [1.807, 2.05) is 12.1 Å². The maximum Gasteiger partial charge on any atom is 0.225 e. The van der Waals surface area contributed by atoms with Crippen molar-refractivity contribution in [1.82, 2.24) is 15.3 Å². The lowest BCUT2D eigenvalue weighted by Crippen LogP contribution is -2.77. The molecule has 3 atom stereocenters. The highest BCUT2D eigenvalue weighted by Crippen LogP contribution is 2.56. The fourth-order valence-electron chi connectivity index (χ4n) is 5.68. The van der Waals surface area contributed by atoms with Gasteiger partial charge in [0.25, 0.3) is 0 Å². The van der Waals surface area contributed by atoms with Gasteiger partial charge in [-0.15, -0.1) is 0 Å². The van der Waals surface area contributed by atoms with Crippen molar-refractivity contribution in [2.75, 3.05) is 17.2 Å². The second-order valence-corrected chi connectivity index (χ2v) is 9.36. The molecule has 3 unspecified atom stereocenters. The minimum absolute atomic E-state index is 0.0630. The molecule has 2 bridgehead atoms. The largest absolute Gasteiger partial charge is 0.475 e. The summed E-state index contributed by atoms with van der Waals surface area (Å²) in [5.41, 5.74) is 6.11. The van der Waals surface area contributed by atoms with Crippen LogP contribution in [0.3, 0.4) is 0 Å². The monoisotopic (exact) mass is 353 g/mol. The third-order valence-electron chi connectivity index (χ3n) is 7.51. The van der Waals surface area contributed by atoms with Crippen LogP contribution in [-0.2, 0) is 0 Å². The Morgan fingerprint density at radius 3 is 2.81 bits per heavy atom. The zero-order chi connectivity index (χ0) is 18.5. The number of pyridine rings is 2. The van der Waals surface area contributed by atoms with E-state index in [2.05, 4.69) is 49.8 Å². The molecule has 138 valence electrons. The first-order valence-corrected chi connectivity index (χ1v) is 9.41. The van der Waals surface area contributed by atoms with Gasteiger partial charge in [-0.3, -0.25) is 0 Å². The summed E-state index contributed by atoms with van der Waals surface area (Å²) < 4.78 is 6.20. The van der Waals surface area contributed by atoms with Gasteiger partial charge < -0.3 is 20.7 Å². The van der Waals surface area contributed by atoms with E-state index in [4.69, 9.17) is 15.5 Å². The normalized spacial score (nSPS) is 33.5. The number of fused-ring (bicyclic) bond motifs is 5. The summed E-state index contributed by atoms with van der Waals surface area (Å²) >= 11 is 0. The lowest BCUT2D eigenvalue weighted by molar-refractivity contribution is 0.0812. The van der Waals surface area contributed by atoms with E-state index >= 15 is 0 Å². The molecule has 5 heterocycles. The van der Waals surface area contributed by atoms with Crippen molar-refractivity contribution in [1.29, 1.82) is 0 Å². The molecule has 0 aliphatic carbocycles. The number of ether oxygens (including phenoxy) is 1. The van der Waals surface area contributed by atoms with Crippen LogP contribution in [0, 0.1) is 5.41 Å². The lowest BCUT2D eigenvalue weighted by atomic mass is 9.64. The SMILES string of the molecule is CC1(C)CC2NC1(C)C(C)(C)N1c3nc(N)cc4ccnc(c34)OCC21. The van der Waals surface area contributed by atoms with Crippen molar-refractivity contribution in [3.8, 4) is 5.88 Å². The number of hydrogen-bond acceptors (Lipinski definition) is 6. The highest BCUT2D eigenvalue weighted by atomic mass is 16.5. The molecule has 3 aliphatic heterocycles. The van der Waals surface area contributed by atoms with Crippen molar-refractivity contribution in [2.24, 2.45) is 5.41 Å². The Balaban J connectivity index is 1.83. The van der Waals surface area contributed by atoms with Crippen LogP contribution in [0.1, 0.15) is 41.0 Å². The molecule has 5 rings (SSSR count). The Labute approximate surface area is 154 Å². The van der Waals surface area contributed by atoms with Gasteiger partial charge in [0.05, 0.1) is 17.0 Å². The van der Waals surface area contributed by atoms with Crippen LogP contribution in [0.15, 0.2) is 18.3 Å². The fraction of sp³-hybridized carbons (Fsp3) is 0.600. The van der Waals surface area contributed by atoms with Crippen LogP contribution in [0.25, 0.3) is 10.8 Å². The van der Waals surface area contributed by atoms with Crippen LogP contribution < -0.4 is 20.7 Å². The maximum absolute atomic E-state index is 6.20. The number of rotatable bonds is 0. The molecule has 6 heteroatoms. The average Bonchev–Trinajstić information content (AvgIpc) is 2.68. The number of nitrogens with one attached hydrogen (secondary N) is 1. The van der Waals surface area contributed by atoms with Crippen LogP contribution in [-0.4, -0.2) is 39.7 Å². The first-order valence-electron chi connectivity index (χ1n) is 9.41. The molecule has 0 aromatic carbocycles. The minimum atomic E-state index is -0.178. The number of hydrogen-bond donors (Lipinski definition) is 2. The highest BCUT2D eigenvalue weighted by molar-refractivity contribution is 5.98. The number of piperazine rings is 1. The molecule has 2 aromatic heterocycles. The summed E-state index contributed by atoms with van der Waals surface area (Å²) in [7, 11) is 0. The Kier molecular flexibility index (Phi) is 2.85. The predicted octanol–water partition coefficient (Wildman–Crippen LogP) is 2.72. The van der Waals surface area contributed by atoms with Gasteiger partial charge in [0, 0.05) is 17.8 Å². The molecule has 3 aliphatic rings. The molecule has 3 N–H and O–H groups in total. The molecular weight excluding hydrogens is 326 g/mol. The summed E-state index contributed by atoms with van der Waals surface area (Å²) in [5.74, 6) is 2.11. The zero-order valence-electron chi connectivity index (χ0n) is 16.1. The molecule has 2 fully saturated rings. The molecule has 2 aromatic rings. The van der Waals surface area contributed by atoms with Crippen molar-refractivity contribution in [3.63, 3.8) is 0 Å². The topological polar surface area (TPSA) is 76.3 Å². The van der Waals surface area contributed by atoms with Gasteiger partial charge in [-0.2, -0.15) is 0 Å². The molecule has 2 saturated heterocycles. The van der Waals surface area contributed by atoms with E-state index in [0.717, 1.165) is 23.0 Å². The molecule has 6 nitrogen and oxygen atoms in total. The second-order valence-electron chi connectivity index (χ2n) is 9.36. The van der Waals surface area contributed by atoms with Crippen LogP contribution in [0.4, 0.5) is 11.6 Å².